The average molecular weight is 488 g/mol. The summed E-state index contributed by atoms with van der Waals surface area (Å²) in [4.78, 5) is 29.1. The number of nitrogens with zero attached hydrogens (tertiary/aromatic N) is 3. The highest BCUT2D eigenvalue weighted by atomic mass is 35.5. The molecule has 1 aromatic heterocycles. The standard InChI is InChI=1S/C20H14Cl2F3N3O4/c1-12(29)32-28(16-9-5-3-7-14(16)22)18(30)11-31-19-10-17(20(23,24)25)26-27(19)15-8-4-2-6-13(15)21/h2-10H,11H2,1H3. The van der Waals surface area contributed by atoms with Crippen LogP contribution in [0.15, 0.2) is 54.6 Å². The zero-order chi connectivity index (χ0) is 23.5. The maximum atomic E-state index is 13.2. The van der Waals surface area contributed by atoms with E-state index in [1.165, 1.54) is 24.3 Å². The van der Waals surface area contributed by atoms with Gasteiger partial charge in [-0.2, -0.15) is 23.0 Å². The van der Waals surface area contributed by atoms with E-state index in [1.807, 2.05) is 0 Å². The number of para-hydroxylation sites is 2. The summed E-state index contributed by atoms with van der Waals surface area (Å²) in [5.74, 6) is -2.13. The Bertz CT molecular complexity index is 1150. The molecule has 168 valence electrons. The minimum atomic E-state index is -4.77. The number of hydrogen-bond acceptors (Lipinski definition) is 5. The van der Waals surface area contributed by atoms with Gasteiger partial charge in [0.2, 0.25) is 5.88 Å². The second kappa shape index (κ2) is 9.49. The highest BCUT2D eigenvalue weighted by molar-refractivity contribution is 6.33. The molecular weight excluding hydrogens is 474 g/mol. The van der Waals surface area contributed by atoms with Crippen molar-refractivity contribution in [2.24, 2.45) is 0 Å². The molecule has 0 N–H and O–H groups in total. The van der Waals surface area contributed by atoms with Crippen molar-refractivity contribution in [3.8, 4) is 11.6 Å². The van der Waals surface area contributed by atoms with Crippen molar-refractivity contribution >= 4 is 40.8 Å². The van der Waals surface area contributed by atoms with Gasteiger partial charge in [0, 0.05) is 13.0 Å². The molecule has 0 aliphatic rings. The first kappa shape index (κ1) is 23.4. The van der Waals surface area contributed by atoms with E-state index < -0.39 is 36.2 Å². The number of carbonyl (C=O) groups excluding carboxylic acids is 2. The number of ether oxygens (including phenoxy) is 1. The normalized spacial score (nSPS) is 11.2. The highest BCUT2D eigenvalue weighted by Gasteiger charge is 2.36. The van der Waals surface area contributed by atoms with Gasteiger partial charge in [0.15, 0.2) is 12.3 Å². The Morgan fingerprint density at radius 1 is 1.06 bits per heavy atom. The first-order valence-electron chi connectivity index (χ1n) is 8.89. The van der Waals surface area contributed by atoms with Crippen LogP contribution in [0, 0.1) is 0 Å². The van der Waals surface area contributed by atoms with Gasteiger partial charge in [-0.25, -0.2) is 4.79 Å². The lowest BCUT2D eigenvalue weighted by Crippen LogP contribution is -2.36. The van der Waals surface area contributed by atoms with E-state index in [0.29, 0.717) is 11.1 Å². The summed E-state index contributed by atoms with van der Waals surface area (Å²) in [7, 11) is 0. The molecule has 3 rings (SSSR count). The summed E-state index contributed by atoms with van der Waals surface area (Å²) in [5.41, 5.74) is -1.09. The highest BCUT2D eigenvalue weighted by Crippen LogP contribution is 2.34. The Morgan fingerprint density at radius 3 is 2.28 bits per heavy atom. The second-order valence-corrected chi connectivity index (χ2v) is 7.05. The molecule has 2 aromatic carbocycles. The smallest absolute Gasteiger partial charge is 0.435 e. The third kappa shape index (κ3) is 5.32. The predicted octanol–water partition coefficient (Wildman–Crippen LogP) is 5.09. The summed E-state index contributed by atoms with van der Waals surface area (Å²) in [6, 6.07) is 12.7. The van der Waals surface area contributed by atoms with E-state index in [4.69, 9.17) is 32.8 Å². The number of halogens is 5. The van der Waals surface area contributed by atoms with Crippen LogP contribution in [0.1, 0.15) is 12.6 Å². The van der Waals surface area contributed by atoms with Crippen LogP contribution < -0.4 is 9.80 Å². The monoisotopic (exact) mass is 487 g/mol. The van der Waals surface area contributed by atoms with Crippen LogP contribution in [0.4, 0.5) is 18.9 Å². The van der Waals surface area contributed by atoms with Crippen LogP contribution in [-0.4, -0.2) is 28.3 Å². The van der Waals surface area contributed by atoms with Crippen LogP contribution in [0.3, 0.4) is 0 Å². The van der Waals surface area contributed by atoms with Crippen LogP contribution in [0.5, 0.6) is 5.88 Å². The third-order valence-corrected chi connectivity index (χ3v) is 4.55. The molecular formula is C20H14Cl2F3N3O4. The molecule has 0 aliphatic heterocycles. The molecule has 32 heavy (non-hydrogen) atoms. The number of aromatic nitrogens is 2. The third-order valence-electron chi connectivity index (χ3n) is 3.91. The van der Waals surface area contributed by atoms with Crippen molar-refractivity contribution in [3.05, 3.63) is 70.3 Å². The van der Waals surface area contributed by atoms with Crippen molar-refractivity contribution in [2.75, 3.05) is 11.7 Å². The largest absolute Gasteiger partial charge is 0.467 e. The summed E-state index contributed by atoms with van der Waals surface area (Å²) in [5, 5.41) is 4.32. The molecule has 1 amide bonds. The fourth-order valence-corrected chi connectivity index (χ4v) is 3.00. The average Bonchev–Trinajstić information content (AvgIpc) is 3.15. The van der Waals surface area contributed by atoms with Gasteiger partial charge in [-0.3, -0.25) is 4.79 Å². The first-order chi connectivity index (χ1) is 15.1. The number of rotatable bonds is 5. The summed E-state index contributed by atoms with van der Waals surface area (Å²) in [6.07, 6.45) is -4.77. The molecule has 0 bridgehead atoms. The van der Waals surface area contributed by atoms with Crippen molar-refractivity contribution in [2.45, 2.75) is 13.1 Å². The number of hydrogen-bond donors (Lipinski definition) is 0. The van der Waals surface area contributed by atoms with Crippen molar-refractivity contribution in [1.82, 2.24) is 9.78 Å². The van der Waals surface area contributed by atoms with Crippen molar-refractivity contribution in [3.63, 3.8) is 0 Å². The van der Waals surface area contributed by atoms with E-state index in [0.717, 1.165) is 11.6 Å². The number of alkyl halides is 3. The van der Waals surface area contributed by atoms with Crippen molar-refractivity contribution in [1.29, 1.82) is 0 Å². The molecule has 0 aliphatic carbocycles. The Balaban J connectivity index is 1.91. The number of anilines is 1. The van der Waals surface area contributed by atoms with Crippen LogP contribution in [-0.2, 0) is 20.6 Å². The SMILES string of the molecule is CC(=O)ON(C(=O)COc1cc(C(F)(F)F)nn1-c1ccccc1Cl)c1ccccc1Cl. The van der Waals surface area contributed by atoms with Gasteiger partial charge >= 0.3 is 12.1 Å². The lowest BCUT2D eigenvalue weighted by atomic mass is 10.3. The molecule has 0 unspecified atom stereocenters. The predicted molar refractivity (Wildman–Crippen MR) is 110 cm³/mol. The first-order valence-corrected chi connectivity index (χ1v) is 9.64. The Labute approximate surface area is 189 Å². The fraction of sp³-hybridized carbons (Fsp3) is 0.150. The molecule has 0 saturated heterocycles. The van der Waals surface area contributed by atoms with E-state index in [-0.39, 0.29) is 21.4 Å². The van der Waals surface area contributed by atoms with E-state index in [1.54, 1.807) is 24.3 Å². The minimum absolute atomic E-state index is 0.0496. The Hall–Kier alpha value is -3.24. The quantitative estimate of drug-likeness (QED) is 0.468. The summed E-state index contributed by atoms with van der Waals surface area (Å²) < 4.78 is 45.8. The molecule has 0 atom stereocenters. The van der Waals surface area contributed by atoms with E-state index >= 15 is 0 Å². The van der Waals surface area contributed by atoms with Crippen molar-refractivity contribution < 1.29 is 32.3 Å². The van der Waals surface area contributed by atoms with Crippen LogP contribution >= 0.6 is 23.2 Å². The van der Waals surface area contributed by atoms with Gasteiger partial charge in [-0.05, 0) is 24.3 Å². The number of amides is 1. The molecule has 12 heteroatoms. The molecule has 0 spiro atoms. The van der Waals surface area contributed by atoms with Gasteiger partial charge in [-0.15, -0.1) is 5.06 Å². The van der Waals surface area contributed by atoms with Gasteiger partial charge in [0.05, 0.1) is 15.7 Å². The topological polar surface area (TPSA) is 73.7 Å². The maximum Gasteiger partial charge on any atom is 0.435 e. The van der Waals surface area contributed by atoms with Gasteiger partial charge < -0.3 is 9.57 Å². The zero-order valence-corrected chi connectivity index (χ0v) is 17.8. The summed E-state index contributed by atoms with van der Waals surface area (Å²) in [6.45, 7) is 0.270. The zero-order valence-electron chi connectivity index (χ0n) is 16.3. The number of hydroxylamine groups is 1. The molecule has 0 fully saturated rings. The molecule has 3 aromatic rings. The van der Waals surface area contributed by atoms with Gasteiger partial charge in [0.25, 0.3) is 5.91 Å². The van der Waals surface area contributed by atoms with E-state index in [9.17, 15) is 22.8 Å². The summed E-state index contributed by atoms with van der Waals surface area (Å²) >= 11 is 12.1. The fourth-order valence-electron chi connectivity index (χ4n) is 2.58. The van der Waals surface area contributed by atoms with Gasteiger partial charge in [0.1, 0.15) is 5.69 Å². The second-order valence-electron chi connectivity index (χ2n) is 6.24. The van der Waals surface area contributed by atoms with Crippen LogP contribution in [0.25, 0.3) is 5.69 Å². The van der Waals surface area contributed by atoms with E-state index in [2.05, 4.69) is 5.10 Å². The lowest BCUT2D eigenvalue weighted by molar-refractivity contribution is -0.149. The molecule has 0 saturated carbocycles. The van der Waals surface area contributed by atoms with Crippen LogP contribution in [0.2, 0.25) is 10.0 Å². The molecule has 7 nitrogen and oxygen atoms in total. The maximum absolute atomic E-state index is 13.2. The number of carbonyl (C=O) groups is 2. The Kier molecular flexibility index (Phi) is 6.95. The lowest BCUT2D eigenvalue weighted by Gasteiger charge is -2.21. The number of benzene rings is 2. The van der Waals surface area contributed by atoms with Gasteiger partial charge in [-0.1, -0.05) is 47.5 Å². The molecule has 1 heterocycles. The minimum Gasteiger partial charge on any atom is -0.467 e. The molecule has 0 radical (unpaired) electrons. The Morgan fingerprint density at radius 2 is 1.69 bits per heavy atom.